The highest BCUT2D eigenvalue weighted by atomic mass is 16.6. The van der Waals surface area contributed by atoms with E-state index in [0.717, 1.165) is 38.5 Å². The Kier molecular flexibility index (Phi) is 10.3. The second-order valence-electron chi connectivity index (χ2n) is 12.4. The summed E-state index contributed by atoms with van der Waals surface area (Å²) in [7, 11) is 0. The third kappa shape index (κ3) is 7.94. The van der Waals surface area contributed by atoms with Gasteiger partial charge in [0, 0.05) is 19.3 Å². The monoisotopic (exact) mass is 552 g/mol. The summed E-state index contributed by atoms with van der Waals surface area (Å²) >= 11 is 0. The van der Waals surface area contributed by atoms with Crippen molar-refractivity contribution in [1.82, 2.24) is 0 Å². The summed E-state index contributed by atoms with van der Waals surface area (Å²) in [5.74, 6) is -1.98. The molecular weight excluding hydrogens is 504 g/mol. The highest BCUT2D eigenvalue weighted by Crippen LogP contribution is 2.33. The Morgan fingerprint density at radius 1 is 0.436 bits per heavy atom. The maximum Gasteiger partial charge on any atom is 0.311 e. The summed E-state index contributed by atoms with van der Waals surface area (Å²) in [5.41, 5.74) is 0. The van der Waals surface area contributed by atoms with Gasteiger partial charge in [-0.2, -0.15) is 0 Å². The van der Waals surface area contributed by atoms with Crippen LogP contribution in [0.2, 0.25) is 0 Å². The fraction of sp³-hybridized carbons (Fsp3) is 0.900. The number of carbonyl (C=O) groups excluding carboxylic acids is 3. The van der Waals surface area contributed by atoms with Crippen molar-refractivity contribution in [2.24, 2.45) is 17.8 Å². The van der Waals surface area contributed by atoms with E-state index < -0.39 is 0 Å². The second-order valence-corrected chi connectivity index (χ2v) is 12.4. The van der Waals surface area contributed by atoms with Crippen LogP contribution in [-0.2, 0) is 42.8 Å². The fourth-order valence-electron chi connectivity index (χ4n) is 6.45. The number of esters is 3. The zero-order chi connectivity index (χ0) is 28.3. The Bertz CT molecular complexity index is 752. The fourth-order valence-corrected chi connectivity index (χ4v) is 6.45. The number of fused-ring (bicyclic) bond motifs is 6. The van der Waals surface area contributed by atoms with Crippen molar-refractivity contribution < 1.29 is 42.8 Å². The third-order valence-corrected chi connectivity index (χ3v) is 8.95. The lowest BCUT2D eigenvalue weighted by Gasteiger charge is -2.26. The largest absolute Gasteiger partial charge is 0.462 e. The first-order valence-electron chi connectivity index (χ1n) is 15.1. The van der Waals surface area contributed by atoms with Crippen LogP contribution in [0.25, 0.3) is 0 Å². The molecule has 9 heteroatoms. The first-order chi connectivity index (χ1) is 18.5. The van der Waals surface area contributed by atoms with Gasteiger partial charge >= 0.3 is 17.9 Å². The third-order valence-electron chi connectivity index (χ3n) is 8.95. The molecular formula is C30H48O9. The first-order valence-corrected chi connectivity index (χ1v) is 15.1. The van der Waals surface area contributed by atoms with Crippen molar-refractivity contribution >= 4 is 17.9 Å². The van der Waals surface area contributed by atoms with Crippen LogP contribution in [0.1, 0.15) is 99.3 Å². The lowest BCUT2D eigenvalue weighted by molar-refractivity contribution is -0.162. The van der Waals surface area contributed by atoms with Crippen LogP contribution in [0.5, 0.6) is 0 Å². The molecule has 4 saturated heterocycles. The van der Waals surface area contributed by atoms with Gasteiger partial charge in [-0.25, -0.2) is 0 Å². The molecule has 4 heterocycles. The molecule has 0 spiro atoms. The van der Waals surface area contributed by atoms with E-state index in [0.29, 0.717) is 19.3 Å². The van der Waals surface area contributed by atoms with Gasteiger partial charge in [0.25, 0.3) is 0 Å². The van der Waals surface area contributed by atoms with Gasteiger partial charge in [0.2, 0.25) is 0 Å². The number of hydrogen-bond donors (Lipinski definition) is 0. The maximum absolute atomic E-state index is 12.9. The molecule has 222 valence electrons. The van der Waals surface area contributed by atoms with Crippen molar-refractivity contribution in [1.29, 1.82) is 0 Å². The molecule has 4 rings (SSSR count). The van der Waals surface area contributed by atoms with Gasteiger partial charge in [0.15, 0.2) is 0 Å². The highest BCUT2D eigenvalue weighted by molar-refractivity contribution is 5.74. The summed E-state index contributed by atoms with van der Waals surface area (Å²) < 4.78 is 35.9. The molecule has 0 aliphatic carbocycles. The predicted octanol–water partition coefficient (Wildman–Crippen LogP) is 4.52. The molecule has 4 aliphatic rings. The first kappa shape index (κ1) is 30.3. The van der Waals surface area contributed by atoms with E-state index in [1.807, 2.05) is 41.5 Å². The van der Waals surface area contributed by atoms with E-state index in [9.17, 15) is 14.4 Å². The van der Waals surface area contributed by atoms with Gasteiger partial charge in [0.1, 0.15) is 18.3 Å². The Morgan fingerprint density at radius 2 is 0.692 bits per heavy atom. The number of ether oxygens (including phenoxy) is 6. The lowest BCUT2D eigenvalue weighted by Crippen LogP contribution is -2.34. The van der Waals surface area contributed by atoms with Gasteiger partial charge in [-0.3, -0.25) is 14.4 Å². The Hall–Kier alpha value is -1.71. The molecule has 6 bridgehead atoms. The van der Waals surface area contributed by atoms with Crippen molar-refractivity contribution in [2.45, 2.75) is 154 Å². The standard InChI is InChI=1S/C30H48O9/c1-16-13-22-7-10-26(37-22)20(5)29(32)35-18(3)15-24-9-12-27(39-24)21(6)30(33)36-17(2)14-23-8-11-25(38-23)19(4)28(31)34-16/h16-27H,7-15H2,1-6H3/t16-,17-,18+,19+,20-,21-,22+,23+,24+,25-,26-,27-/m0/s1. The van der Waals surface area contributed by atoms with Crippen LogP contribution in [0, 0.1) is 17.8 Å². The molecule has 0 aromatic rings. The van der Waals surface area contributed by atoms with E-state index in [1.54, 1.807) is 0 Å². The van der Waals surface area contributed by atoms with Crippen LogP contribution in [-0.4, -0.2) is 72.8 Å². The summed E-state index contributed by atoms with van der Waals surface area (Å²) in [6.07, 6.45) is 4.78. The summed E-state index contributed by atoms with van der Waals surface area (Å²) in [4.78, 5) is 38.6. The summed E-state index contributed by atoms with van der Waals surface area (Å²) in [6, 6.07) is 0. The molecule has 0 aromatic carbocycles. The van der Waals surface area contributed by atoms with Gasteiger partial charge in [-0.1, -0.05) is 0 Å². The quantitative estimate of drug-likeness (QED) is 0.317. The Labute approximate surface area is 232 Å². The van der Waals surface area contributed by atoms with Gasteiger partial charge in [-0.15, -0.1) is 0 Å². The molecule has 0 radical (unpaired) electrons. The normalized spacial score (nSPS) is 45.2. The van der Waals surface area contributed by atoms with Crippen LogP contribution >= 0.6 is 0 Å². The van der Waals surface area contributed by atoms with Crippen molar-refractivity contribution in [3.05, 3.63) is 0 Å². The predicted molar refractivity (Wildman–Crippen MR) is 142 cm³/mol. The molecule has 9 nitrogen and oxygen atoms in total. The second kappa shape index (κ2) is 13.3. The van der Waals surface area contributed by atoms with E-state index in [-0.39, 0.29) is 90.6 Å². The number of hydrogen-bond acceptors (Lipinski definition) is 9. The minimum Gasteiger partial charge on any atom is -0.462 e. The van der Waals surface area contributed by atoms with E-state index in [2.05, 4.69) is 0 Å². The molecule has 0 unspecified atom stereocenters. The average molecular weight is 553 g/mol. The van der Waals surface area contributed by atoms with Crippen LogP contribution in [0.3, 0.4) is 0 Å². The van der Waals surface area contributed by atoms with Gasteiger partial charge in [-0.05, 0) is 80.1 Å². The van der Waals surface area contributed by atoms with Crippen LogP contribution in [0.4, 0.5) is 0 Å². The smallest absolute Gasteiger partial charge is 0.311 e. The number of cyclic esters (lactones) is 3. The Balaban J connectivity index is 1.41. The number of rotatable bonds is 0. The minimum atomic E-state index is -0.387. The lowest BCUT2D eigenvalue weighted by atomic mass is 10.0. The molecule has 4 aliphatic heterocycles. The molecule has 4 fully saturated rings. The minimum absolute atomic E-state index is 0.0616. The van der Waals surface area contributed by atoms with E-state index in [1.165, 1.54) is 0 Å². The van der Waals surface area contributed by atoms with E-state index >= 15 is 0 Å². The SMILES string of the molecule is C[C@@H]1C[C@H]2CC[C@H](O2)[C@H](C)C(=O)O[C@@H](C)C[C@H]2CC[C@H](O2)[C@@H](C)C(=O)O[C@@H](C)C[C@H]2CC[C@H](O2)[C@H](C)C(=O)O1. The zero-order valence-electron chi connectivity index (χ0n) is 24.5. The van der Waals surface area contributed by atoms with Crippen molar-refractivity contribution in [3.63, 3.8) is 0 Å². The Morgan fingerprint density at radius 3 is 0.949 bits per heavy atom. The summed E-state index contributed by atoms with van der Waals surface area (Å²) in [6.45, 7) is 11.2. The molecule has 12 atom stereocenters. The highest BCUT2D eigenvalue weighted by Gasteiger charge is 2.39. The van der Waals surface area contributed by atoms with Crippen LogP contribution in [0.15, 0.2) is 0 Å². The molecule has 39 heavy (non-hydrogen) atoms. The van der Waals surface area contributed by atoms with Crippen molar-refractivity contribution in [2.75, 3.05) is 0 Å². The molecule has 0 N–H and O–H groups in total. The summed E-state index contributed by atoms with van der Waals surface area (Å²) in [5, 5.41) is 0. The molecule has 0 aromatic heterocycles. The molecule has 0 saturated carbocycles. The van der Waals surface area contributed by atoms with E-state index in [4.69, 9.17) is 28.4 Å². The van der Waals surface area contributed by atoms with Crippen molar-refractivity contribution in [3.8, 4) is 0 Å². The average Bonchev–Trinajstić information content (AvgIpc) is 3.63. The number of carbonyl (C=O) groups is 3. The van der Waals surface area contributed by atoms with Gasteiger partial charge < -0.3 is 28.4 Å². The zero-order valence-corrected chi connectivity index (χ0v) is 24.5. The maximum atomic E-state index is 12.9. The topological polar surface area (TPSA) is 107 Å². The van der Waals surface area contributed by atoms with Crippen LogP contribution < -0.4 is 0 Å². The molecule has 0 amide bonds. The van der Waals surface area contributed by atoms with Gasteiger partial charge in [0.05, 0.1) is 54.4 Å².